The number of pyridine rings is 1. The summed E-state index contributed by atoms with van der Waals surface area (Å²) in [5.74, 6) is -0.00579. The Labute approximate surface area is 164 Å². The molecule has 2 aromatic rings. The highest BCUT2D eigenvalue weighted by Gasteiger charge is 2.24. The molecule has 1 amide bonds. The number of nitrogens with one attached hydrogen (secondary N) is 1. The van der Waals surface area contributed by atoms with Crippen molar-refractivity contribution in [3.05, 3.63) is 53.7 Å². The van der Waals surface area contributed by atoms with Gasteiger partial charge >= 0.3 is 0 Å². The fraction of sp³-hybridized carbons (Fsp3) is 0.263. The van der Waals surface area contributed by atoms with Gasteiger partial charge in [-0.05, 0) is 43.3 Å². The first-order valence-corrected chi connectivity index (χ1v) is 9.91. The summed E-state index contributed by atoms with van der Waals surface area (Å²) in [6, 6.07) is 14.5. The molecule has 1 aromatic carbocycles. The molecule has 0 aliphatic carbocycles. The van der Waals surface area contributed by atoms with Gasteiger partial charge in [0.05, 0.1) is 17.0 Å². The number of nitriles is 2. The van der Waals surface area contributed by atoms with E-state index in [0.717, 1.165) is 10.00 Å². The summed E-state index contributed by atoms with van der Waals surface area (Å²) in [4.78, 5) is 16.5. The van der Waals surface area contributed by atoms with Crippen molar-refractivity contribution in [2.75, 3.05) is 18.4 Å². The van der Waals surface area contributed by atoms with Crippen LogP contribution in [0, 0.1) is 29.6 Å². The maximum atomic E-state index is 12.8. The number of carbonyl (C=O) groups is 1. The van der Waals surface area contributed by atoms with Crippen molar-refractivity contribution in [2.24, 2.45) is 0 Å². The maximum Gasteiger partial charge on any atom is 0.256 e. The molecule has 0 bridgehead atoms. The number of amides is 1. The van der Waals surface area contributed by atoms with Crippen LogP contribution in [0.5, 0.6) is 0 Å². The number of anilines is 1. The molecule has 1 aromatic heterocycles. The first kappa shape index (κ1) is 21.0. The molecule has 0 aliphatic rings. The first-order valence-electron chi connectivity index (χ1n) is 8.47. The van der Waals surface area contributed by atoms with Gasteiger partial charge in [0.15, 0.2) is 0 Å². The quantitative estimate of drug-likeness (QED) is 0.729. The van der Waals surface area contributed by atoms with Crippen molar-refractivity contribution in [3.8, 4) is 12.1 Å². The van der Waals surface area contributed by atoms with Crippen molar-refractivity contribution in [3.63, 3.8) is 0 Å². The molecule has 0 radical (unpaired) electrons. The number of sulfonamides is 1. The minimum Gasteiger partial charge on any atom is -0.307 e. The van der Waals surface area contributed by atoms with Crippen LogP contribution in [0.4, 0.5) is 5.82 Å². The van der Waals surface area contributed by atoms with Crippen molar-refractivity contribution in [2.45, 2.75) is 24.7 Å². The van der Waals surface area contributed by atoms with Crippen molar-refractivity contribution in [1.29, 1.82) is 10.5 Å². The molecule has 8 nitrogen and oxygen atoms in total. The van der Waals surface area contributed by atoms with E-state index in [2.05, 4.69) is 10.3 Å². The third-order valence-corrected chi connectivity index (χ3v) is 5.74. The van der Waals surface area contributed by atoms with Crippen LogP contribution in [0.3, 0.4) is 0 Å². The zero-order valence-electron chi connectivity index (χ0n) is 15.3. The molecule has 0 unspecified atom stereocenters. The predicted octanol–water partition coefficient (Wildman–Crippen LogP) is 2.46. The van der Waals surface area contributed by atoms with Crippen LogP contribution in [0.2, 0.25) is 0 Å². The van der Waals surface area contributed by atoms with Gasteiger partial charge in [0.1, 0.15) is 5.82 Å². The summed E-state index contributed by atoms with van der Waals surface area (Å²) in [6.07, 6.45) is 0.0449. The highest BCUT2D eigenvalue weighted by Crippen LogP contribution is 2.18. The second kappa shape index (κ2) is 9.60. The molecule has 28 heavy (non-hydrogen) atoms. The van der Waals surface area contributed by atoms with E-state index in [1.807, 2.05) is 12.1 Å². The topological polar surface area (TPSA) is 127 Å². The smallest absolute Gasteiger partial charge is 0.256 e. The lowest BCUT2D eigenvalue weighted by Crippen LogP contribution is -2.32. The predicted molar refractivity (Wildman–Crippen MR) is 103 cm³/mol. The van der Waals surface area contributed by atoms with Crippen LogP contribution in [0.1, 0.15) is 28.9 Å². The number of rotatable bonds is 8. The Bertz CT molecular complexity index is 1000. The Morgan fingerprint density at radius 1 is 1.07 bits per heavy atom. The zero-order chi connectivity index (χ0) is 20.6. The lowest BCUT2D eigenvalue weighted by molar-refractivity contribution is 0.102. The van der Waals surface area contributed by atoms with Crippen LogP contribution in [0.15, 0.2) is 47.4 Å². The van der Waals surface area contributed by atoms with Crippen molar-refractivity contribution in [1.82, 2.24) is 9.29 Å². The van der Waals surface area contributed by atoms with E-state index in [4.69, 9.17) is 10.5 Å². The standard InChI is InChI=1S/C19H19N5O3S/c1-15-5-2-6-18(22-15)23-19(25)16-7-9-17(10-8-16)28(26,27)24(13-3-11-20)14-4-12-21/h2,5-10H,3-4,13-14H2,1H3,(H,22,23,25). The van der Waals surface area contributed by atoms with E-state index in [-0.39, 0.29) is 36.4 Å². The highest BCUT2D eigenvalue weighted by molar-refractivity contribution is 7.89. The van der Waals surface area contributed by atoms with E-state index in [1.165, 1.54) is 24.3 Å². The number of hydrogen-bond donors (Lipinski definition) is 1. The summed E-state index contributed by atoms with van der Waals surface area (Å²) in [6.45, 7) is 1.81. The van der Waals surface area contributed by atoms with Gasteiger partial charge in [0.25, 0.3) is 5.91 Å². The highest BCUT2D eigenvalue weighted by atomic mass is 32.2. The molecule has 2 rings (SSSR count). The molecular weight excluding hydrogens is 378 g/mol. The number of aromatic nitrogens is 1. The average molecular weight is 397 g/mol. The number of nitrogens with zero attached hydrogens (tertiary/aromatic N) is 4. The second-order valence-corrected chi connectivity index (χ2v) is 7.80. The fourth-order valence-corrected chi connectivity index (χ4v) is 3.87. The number of hydrogen-bond acceptors (Lipinski definition) is 6. The van der Waals surface area contributed by atoms with Crippen LogP contribution in [-0.4, -0.2) is 36.7 Å². The van der Waals surface area contributed by atoms with Crippen molar-refractivity contribution >= 4 is 21.7 Å². The number of carbonyl (C=O) groups excluding carboxylic acids is 1. The van der Waals surface area contributed by atoms with Gasteiger partial charge in [-0.2, -0.15) is 14.8 Å². The third kappa shape index (κ3) is 5.36. The summed E-state index contributed by atoms with van der Waals surface area (Å²) in [5.41, 5.74) is 1.04. The molecule has 0 aliphatic heterocycles. The molecule has 1 heterocycles. The molecule has 144 valence electrons. The van der Waals surface area contributed by atoms with Gasteiger partial charge in [-0.25, -0.2) is 13.4 Å². The number of benzene rings is 1. The average Bonchev–Trinajstić information content (AvgIpc) is 2.68. The fourth-order valence-electron chi connectivity index (χ4n) is 2.43. The van der Waals surface area contributed by atoms with Crippen LogP contribution < -0.4 is 5.32 Å². The second-order valence-electron chi connectivity index (χ2n) is 5.86. The van der Waals surface area contributed by atoms with E-state index >= 15 is 0 Å². The number of aryl methyl sites for hydroxylation is 1. The van der Waals surface area contributed by atoms with Crippen LogP contribution >= 0.6 is 0 Å². The Balaban J connectivity index is 2.18. The molecular formula is C19H19N5O3S. The van der Waals surface area contributed by atoms with Crippen LogP contribution in [0.25, 0.3) is 0 Å². The van der Waals surface area contributed by atoms with E-state index < -0.39 is 15.9 Å². The minimum atomic E-state index is -3.87. The normalized spacial score (nSPS) is 10.9. The molecule has 1 N–H and O–H groups in total. The third-order valence-electron chi connectivity index (χ3n) is 3.83. The van der Waals surface area contributed by atoms with E-state index in [9.17, 15) is 13.2 Å². The van der Waals surface area contributed by atoms with Crippen molar-refractivity contribution < 1.29 is 13.2 Å². The minimum absolute atomic E-state index is 0.00176. The van der Waals surface area contributed by atoms with Gasteiger partial charge in [-0.3, -0.25) is 4.79 Å². The SMILES string of the molecule is Cc1cccc(NC(=O)c2ccc(S(=O)(=O)N(CCC#N)CCC#N)cc2)n1. The molecule has 0 fully saturated rings. The summed E-state index contributed by atoms with van der Waals surface area (Å²) >= 11 is 0. The van der Waals surface area contributed by atoms with E-state index in [0.29, 0.717) is 5.82 Å². The van der Waals surface area contributed by atoms with E-state index in [1.54, 1.807) is 25.1 Å². The lowest BCUT2D eigenvalue weighted by atomic mass is 10.2. The first-order chi connectivity index (χ1) is 13.4. The Morgan fingerprint density at radius 2 is 1.68 bits per heavy atom. The summed E-state index contributed by atoms with van der Waals surface area (Å²) in [7, 11) is -3.87. The Kier molecular flexibility index (Phi) is 7.21. The Morgan fingerprint density at radius 3 is 2.21 bits per heavy atom. The molecule has 0 saturated carbocycles. The van der Waals surface area contributed by atoms with Gasteiger partial charge in [0.2, 0.25) is 10.0 Å². The van der Waals surface area contributed by atoms with Gasteiger partial charge in [-0.1, -0.05) is 6.07 Å². The zero-order valence-corrected chi connectivity index (χ0v) is 16.1. The van der Waals surface area contributed by atoms with Gasteiger partial charge < -0.3 is 5.32 Å². The lowest BCUT2D eigenvalue weighted by Gasteiger charge is -2.20. The largest absolute Gasteiger partial charge is 0.307 e. The summed E-state index contributed by atoms with van der Waals surface area (Å²) < 4.78 is 26.6. The van der Waals surface area contributed by atoms with Gasteiger partial charge in [-0.15, -0.1) is 0 Å². The van der Waals surface area contributed by atoms with Gasteiger partial charge in [0, 0.05) is 37.2 Å². The molecule has 0 saturated heterocycles. The molecule has 9 heteroatoms. The summed E-state index contributed by atoms with van der Waals surface area (Å²) in [5, 5.41) is 20.1. The monoisotopic (exact) mass is 397 g/mol. The Hall–Kier alpha value is -3.27. The molecule has 0 atom stereocenters. The molecule has 0 spiro atoms. The van der Waals surface area contributed by atoms with Crippen LogP contribution in [-0.2, 0) is 10.0 Å². The maximum absolute atomic E-state index is 12.8.